The fourth-order valence-corrected chi connectivity index (χ4v) is 2.41. The zero-order valence-electron chi connectivity index (χ0n) is 11.1. The molecule has 5 nitrogen and oxygen atoms in total. The van der Waals surface area contributed by atoms with Crippen LogP contribution in [0.25, 0.3) is 16.7 Å². The Hall–Kier alpha value is -2.14. The van der Waals surface area contributed by atoms with Gasteiger partial charge in [-0.25, -0.2) is 9.97 Å². The van der Waals surface area contributed by atoms with Gasteiger partial charge in [0.25, 0.3) is 0 Å². The molecule has 0 atom stereocenters. The van der Waals surface area contributed by atoms with Crippen LogP contribution >= 0.6 is 0 Å². The van der Waals surface area contributed by atoms with Crippen LogP contribution in [0, 0.1) is 13.8 Å². The third kappa shape index (κ3) is 1.74. The van der Waals surface area contributed by atoms with Gasteiger partial charge in [-0.2, -0.15) is 0 Å². The molecule has 0 aliphatic rings. The summed E-state index contributed by atoms with van der Waals surface area (Å²) < 4.78 is 2.08. The summed E-state index contributed by atoms with van der Waals surface area (Å²) in [6.45, 7) is 4.59. The number of nitrogens with two attached hydrogens (primary N) is 2. The van der Waals surface area contributed by atoms with Crippen LogP contribution in [-0.4, -0.2) is 20.9 Å². The van der Waals surface area contributed by atoms with Gasteiger partial charge in [-0.3, -0.25) is 4.40 Å². The summed E-state index contributed by atoms with van der Waals surface area (Å²) in [6.07, 6.45) is 0.698. The van der Waals surface area contributed by atoms with E-state index in [1.54, 1.807) is 0 Å². The number of imidazole rings is 1. The second-order valence-electron chi connectivity index (χ2n) is 4.83. The largest absolute Gasteiger partial charge is 0.382 e. The van der Waals surface area contributed by atoms with E-state index in [2.05, 4.69) is 33.4 Å². The molecular weight excluding hydrogens is 238 g/mol. The molecule has 1 aromatic carbocycles. The van der Waals surface area contributed by atoms with E-state index in [1.807, 2.05) is 13.0 Å². The number of anilines is 1. The first-order valence-corrected chi connectivity index (χ1v) is 6.35. The molecular formula is C14H17N5. The smallest absolute Gasteiger partial charge is 0.161 e. The Labute approximate surface area is 111 Å². The molecule has 98 valence electrons. The predicted octanol–water partition coefficient (Wildman–Crippen LogP) is 1.58. The minimum Gasteiger partial charge on any atom is -0.382 e. The molecule has 0 amide bonds. The van der Waals surface area contributed by atoms with E-state index in [9.17, 15) is 0 Å². The summed E-state index contributed by atoms with van der Waals surface area (Å²) in [6, 6.07) is 6.19. The van der Waals surface area contributed by atoms with Gasteiger partial charge in [-0.15, -0.1) is 0 Å². The van der Waals surface area contributed by atoms with Gasteiger partial charge in [0.1, 0.15) is 5.82 Å². The molecule has 0 saturated carbocycles. The first-order valence-electron chi connectivity index (χ1n) is 6.35. The number of fused-ring (bicyclic) bond motifs is 3. The van der Waals surface area contributed by atoms with Crippen molar-refractivity contribution in [2.45, 2.75) is 20.3 Å². The van der Waals surface area contributed by atoms with Crippen molar-refractivity contribution in [3.05, 3.63) is 35.2 Å². The first-order chi connectivity index (χ1) is 9.11. The van der Waals surface area contributed by atoms with Gasteiger partial charge in [0.2, 0.25) is 0 Å². The lowest BCUT2D eigenvalue weighted by Gasteiger charge is -2.08. The minimum absolute atomic E-state index is 0.547. The number of hydrogen-bond acceptors (Lipinski definition) is 4. The monoisotopic (exact) mass is 255 g/mol. The van der Waals surface area contributed by atoms with Crippen LogP contribution in [0.1, 0.15) is 17.0 Å². The third-order valence-electron chi connectivity index (χ3n) is 3.41. The Morgan fingerprint density at radius 2 is 2.00 bits per heavy atom. The predicted molar refractivity (Wildman–Crippen MR) is 77.1 cm³/mol. The van der Waals surface area contributed by atoms with Gasteiger partial charge in [-0.1, -0.05) is 6.07 Å². The first kappa shape index (κ1) is 11.9. The summed E-state index contributed by atoms with van der Waals surface area (Å²) >= 11 is 0. The molecule has 0 radical (unpaired) electrons. The highest BCUT2D eigenvalue weighted by molar-refractivity contribution is 5.80. The van der Waals surface area contributed by atoms with Gasteiger partial charge in [0, 0.05) is 6.42 Å². The zero-order valence-corrected chi connectivity index (χ0v) is 11.1. The van der Waals surface area contributed by atoms with E-state index in [0.29, 0.717) is 18.8 Å². The molecule has 0 aliphatic carbocycles. The molecule has 4 N–H and O–H groups in total. The molecule has 0 spiro atoms. The van der Waals surface area contributed by atoms with Crippen molar-refractivity contribution in [3.63, 3.8) is 0 Å². The van der Waals surface area contributed by atoms with Crippen molar-refractivity contribution >= 4 is 22.5 Å². The van der Waals surface area contributed by atoms with Gasteiger partial charge in [0.05, 0.1) is 22.4 Å². The van der Waals surface area contributed by atoms with Gasteiger partial charge >= 0.3 is 0 Å². The van der Waals surface area contributed by atoms with Crippen molar-refractivity contribution in [1.82, 2.24) is 14.4 Å². The summed E-state index contributed by atoms with van der Waals surface area (Å²) in [7, 11) is 0. The van der Waals surface area contributed by atoms with Crippen LogP contribution in [0.2, 0.25) is 0 Å². The van der Waals surface area contributed by atoms with Crippen molar-refractivity contribution in [2.24, 2.45) is 5.73 Å². The van der Waals surface area contributed by atoms with Crippen LogP contribution in [0.3, 0.4) is 0 Å². The molecule has 0 aliphatic heterocycles. The van der Waals surface area contributed by atoms with E-state index in [-0.39, 0.29) is 0 Å². The Bertz CT molecular complexity index is 772. The number of aromatic nitrogens is 3. The van der Waals surface area contributed by atoms with Crippen molar-refractivity contribution in [3.8, 4) is 0 Å². The number of nitrogen functional groups attached to an aromatic ring is 1. The second-order valence-corrected chi connectivity index (χ2v) is 4.83. The normalized spacial score (nSPS) is 11.5. The molecule has 2 heterocycles. The van der Waals surface area contributed by atoms with Crippen LogP contribution < -0.4 is 11.5 Å². The van der Waals surface area contributed by atoms with Crippen molar-refractivity contribution in [1.29, 1.82) is 0 Å². The summed E-state index contributed by atoms with van der Waals surface area (Å²) in [4.78, 5) is 9.10. The molecule has 0 unspecified atom stereocenters. The SMILES string of the molecule is Cc1ccc2nc(CCN)c3nc(N)c(C)n3c2c1. The topological polar surface area (TPSA) is 82.2 Å². The number of rotatable bonds is 2. The standard InChI is InChI=1S/C14H17N5/c1-8-3-4-10-12(7-8)19-9(2)13(16)18-14(19)11(17-10)5-6-15/h3-4,7H,5-6,15-16H2,1-2H3. The Balaban J connectivity index is 2.51. The van der Waals surface area contributed by atoms with E-state index in [0.717, 1.165) is 28.1 Å². The fourth-order valence-electron chi connectivity index (χ4n) is 2.41. The Morgan fingerprint density at radius 1 is 1.21 bits per heavy atom. The summed E-state index contributed by atoms with van der Waals surface area (Å²) in [5.74, 6) is 0.550. The molecule has 0 saturated heterocycles. The zero-order chi connectivity index (χ0) is 13.6. The van der Waals surface area contributed by atoms with E-state index >= 15 is 0 Å². The third-order valence-corrected chi connectivity index (χ3v) is 3.41. The van der Waals surface area contributed by atoms with E-state index in [4.69, 9.17) is 11.5 Å². The highest BCUT2D eigenvalue weighted by atomic mass is 15.1. The molecule has 0 bridgehead atoms. The van der Waals surface area contributed by atoms with Crippen LogP contribution in [-0.2, 0) is 6.42 Å². The van der Waals surface area contributed by atoms with Crippen LogP contribution in [0.4, 0.5) is 5.82 Å². The maximum Gasteiger partial charge on any atom is 0.161 e. The molecule has 19 heavy (non-hydrogen) atoms. The van der Waals surface area contributed by atoms with Crippen LogP contribution in [0.5, 0.6) is 0 Å². The lowest BCUT2D eigenvalue weighted by Crippen LogP contribution is -2.07. The minimum atomic E-state index is 0.547. The quantitative estimate of drug-likeness (QED) is 0.728. The second kappa shape index (κ2) is 4.20. The lowest BCUT2D eigenvalue weighted by molar-refractivity contribution is 0.923. The fraction of sp³-hybridized carbons (Fsp3) is 0.286. The molecule has 3 rings (SSSR count). The van der Waals surface area contributed by atoms with Gasteiger partial charge in [-0.05, 0) is 38.1 Å². The summed E-state index contributed by atoms with van der Waals surface area (Å²) in [5, 5.41) is 0. The van der Waals surface area contributed by atoms with E-state index < -0.39 is 0 Å². The van der Waals surface area contributed by atoms with E-state index in [1.165, 1.54) is 5.56 Å². The molecule has 3 aromatic rings. The Kier molecular flexibility index (Phi) is 2.64. The van der Waals surface area contributed by atoms with Gasteiger partial charge < -0.3 is 11.5 Å². The van der Waals surface area contributed by atoms with Gasteiger partial charge in [0.15, 0.2) is 5.65 Å². The average Bonchev–Trinajstić information content (AvgIpc) is 2.68. The van der Waals surface area contributed by atoms with Crippen LogP contribution in [0.15, 0.2) is 18.2 Å². The highest BCUT2D eigenvalue weighted by Gasteiger charge is 2.14. The lowest BCUT2D eigenvalue weighted by atomic mass is 10.2. The molecule has 5 heteroatoms. The highest BCUT2D eigenvalue weighted by Crippen LogP contribution is 2.23. The number of hydrogen-bond donors (Lipinski definition) is 2. The number of aryl methyl sites for hydroxylation is 2. The molecule has 0 fully saturated rings. The van der Waals surface area contributed by atoms with Crippen molar-refractivity contribution < 1.29 is 0 Å². The maximum absolute atomic E-state index is 5.96. The number of benzene rings is 1. The van der Waals surface area contributed by atoms with Crippen molar-refractivity contribution in [2.75, 3.05) is 12.3 Å². The summed E-state index contributed by atoms with van der Waals surface area (Å²) in [5.41, 5.74) is 17.5. The number of nitrogens with zero attached hydrogens (tertiary/aromatic N) is 3. The maximum atomic E-state index is 5.96. The average molecular weight is 255 g/mol. The Morgan fingerprint density at radius 3 is 2.74 bits per heavy atom. The molecule has 2 aromatic heterocycles.